The fraction of sp³-hybridized carbons (Fsp3) is 0.292. The number of carbonyl (C=O) groups excluding carboxylic acids is 2. The van der Waals surface area contributed by atoms with E-state index < -0.39 is 0 Å². The summed E-state index contributed by atoms with van der Waals surface area (Å²) in [6.07, 6.45) is 4.48. The SMILES string of the molecule is COC(=O)N1CCC(c2nc(Nc3ccc(C)c(NC(=O)c4cnc5ccccn45)c3)no2)CC1. The number of aromatic nitrogens is 4. The lowest BCUT2D eigenvalue weighted by atomic mass is 9.97. The van der Waals surface area contributed by atoms with Crippen molar-refractivity contribution in [2.24, 2.45) is 0 Å². The van der Waals surface area contributed by atoms with Crippen molar-refractivity contribution >= 4 is 35.0 Å². The number of fused-ring (bicyclic) bond motifs is 1. The highest BCUT2D eigenvalue weighted by molar-refractivity contribution is 6.04. The molecular weight excluding hydrogens is 450 g/mol. The number of anilines is 3. The van der Waals surface area contributed by atoms with Gasteiger partial charge in [0.25, 0.3) is 11.9 Å². The number of likely N-dealkylation sites (tertiary alicyclic amines) is 1. The smallest absolute Gasteiger partial charge is 0.409 e. The second-order valence-electron chi connectivity index (χ2n) is 8.37. The first-order chi connectivity index (χ1) is 17.0. The van der Waals surface area contributed by atoms with Crippen LogP contribution in [0.15, 0.2) is 53.3 Å². The number of imidazole rings is 1. The van der Waals surface area contributed by atoms with Gasteiger partial charge in [0.05, 0.1) is 13.3 Å². The summed E-state index contributed by atoms with van der Waals surface area (Å²) < 4.78 is 12.0. The first-order valence-electron chi connectivity index (χ1n) is 11.3. The topological polar surface area (TPSA) is 127 Å². The van der Waals surface area contributed by atoms with Gasteiger partial charge < -0.3 is 24.8 Å². The van der Waals surface area contributed by atoms with Crippen LogP contribution in [0.1, 0.15) is 40.7 Å². The van der Waals surface area contributed by atoms with E-state index in [-0.39, 0.29) is 17.9 Å². The van der Waals surface area contributed by atoms with Crippen LogP contribution in [-0.4, -0.2) is 56.6 Å². The van der Waals surface area contributed by atoms with E-state index >= 15 is 0 Å². The van der Waals surface area contributed by atoms with Crippen LogP contribution in [0, 0.1) is 6.92 Å². The van der Waals surface area contributed by atoms with Crippen LogP contribution in [0.25, 0.3) is 5.65 Å². The summed E-state index contributed by atoms with van der Waals surface area (Å²) in [4.78, 5) is 35.0. The highest BCUT2D eigenvalue weighted by atomic mass is 16.5. The molecule has 1 saturated heterocycles. The van der Waals surface area contributed by atoms with Gasteiger partial charge in [-0.15, -0.1) is 0 Å². The molecule has 11 nitrogen and oxygen atoms in total. The molecule has 3 aromatic heterocycles. The molecule has 4 heterocycles. The van der Waals surface area contributed by atoms with Crippen LogP contribution in [0.4, 0.5) is 22.1 Å². The Bertz CT molecular complexity index is 1370. The van der Waals surface area contributed by atoms with Crippen LogP contribution >= 0.6 is 0 Å². The van der Waals surface area contributed by atoms with Crippen LogP contribution < -0.4 is 10.6 Å². The zero-order valence-corrected chi connectivity index (χ0v) is 19.4. The summed E-state index contributed by atoms with van der Waals surface area (Å²) in [5.41, 5.74) is 3.42. The number of pyridine rings is 1. The largest absolute Gasteiger partial charge is 0.453 e. The minimum Gasteiger partial charge on any atom is -0.453 e. The molecule has 5 rings (SSSR count). The molecule has 2 amide bonds. The van der Waals surface area contributed by atoms with Crippen molar-refractivity contribution < 1.29 is 18.8 Å². The number of benzene rings is 1. The number of amides is 2. The number of nitrogens with zero attached hydrogens (tertiary/aromatic N) is 5. The Kier molecular flexibility index (Phi) is 6.04. The standard InChI is InChI=1S/C24H25N7O4/c1-15-6-7-17(13-18(15)27-21(32)19-14-25-20-5-3-4-10-31(19)20)26-23-28-22(35-29-23)16-8-11-30(12-9-16)24(33)34-2/h3-7,10,13-14,16H,8-9,11-12H2,1-2H3,(H,26,29)(H,27,32). The number of nitrogens with one attached hydrogen (secondary N) is 2. The number of hydrogen-bond donors (Lipinski definition) is 2. The van der Waals surface area contributed by atoms with E-state index in [2.05, 4.69) is 25.8 Å². The van der Waals surface area contributed by atoms with Crippen LogP contribution in [-0.2, 0) is 4.74 Å². The quantitative estimate of drug-likeness (QED) is 0.444. The van der Waals surface area contributed by atoms with Crippen molar-refractivity contribution in [3.8, 4) is 0 Å². The molecule has 2 N–H and O–H groups in total. The Morgan fingerprint density at radius 3 is 2.80 bits per heavy atom. The normalized spacial score (nSPS) is 14.2. The van der Waals surface area contributed by atoms with E-state index in [0.29, 0.717) is 47.6 Å². The maximum absolute atomic E-state index is 12.9. The molecule has 0 bridgehead atoms. The molecular formula is C24H25N7O4. The van der Waals surface area contributed by atoms with E-state index in [1.165, 1.54) is 7.11 Å². The average Bonchev–Trinajstić information content (AvgIpc) is 3.53. The summed E-state index contributed by atoms with van der Waals surface area (Å²) in [6, 6.07) is 11.2. The highest BCUT2D eigenvalue weighted by Crippen LogP contribution is 2.29. The molecule has 0 unspecified atom stereocenters. The third-order valence-corrected chi connectivity index (χ3v) is 6.11. The molecule has 180 valence electrons. The average molecular weight is 476 g/mol. The first-order valence-corrected chi connectivity index (χ1v) is 11.3. The number of piperidine rings is 1. The zero-order valence-electron chi connectivity index (χ0n) is 19.4. The Morgan fingerprint density at radius 2 is 2.00 bits per heavy atom. The highest BCUT2D eigenvalue weighted by Gasteiger charge is 2.28. The second kappa shape index (κ2) is 9.45. The third-order valence-electron chi connectivity index (χ3n) is 6.11. The lowest BCUT2D eigenvalue weighted by Gasteiger charge is -2.28. The molecule has 0 spiro atoms. The fourth-order valence-corrected chi connectivity index (χ4v) is 4.14. The molecule has 1 aliphatic rings. The summed E-state index contributed by atoms with van der Waals surface area (Å²) >= 11 is 0. The maximum Gasteiger partial charge on any atom is 0.409 e. The first kappa shape index (κ1) is 22.4. The number of ether oxygens (including phenoxy) is 1. The van der Waals surface area contributed by atoms with Gasteiger partial charge in [0.15, 0.2) is 0 Å². The monoisotopic (exact) mass is 475 g/mol. The second-order valence-corrected chi connectivity index (χ2v) is 8.37. The molecule has 1 aliphatic heterocycles. The lowest BCUT2D eigenvalue weighted by Crippen LogP contribution is -2.37. The van der Waals surface area contributed by atoms with Crippen LogP contribution in [0.2, 0.25) is 0 Å². The van der Waals surface area contributed by atoms with E-state index in [1.54, 1.807) is 21.7 Å². The van der Waals surface area contributed by atoms with Crippen molar-refractivity contribution in [2.45, 2.75) is 25.7 Å². The van der Waals surface area contributed by atoms with Crippen molar-refractivity contribution in [3.63, 3.8) is 0 Å². The number of methoxy groups -OCH3 is 1. The molecule has 35 heavy (non-hydrogen) atoms. The van der Waals surface area contributed by atoms with E-state index in [1.807, 2.05) is 43.3 Å². The molecule has 1 aromatic carbocycles. The molecule has 0 atom stereocenters. The maximum atomic E-state index is 12.9. The van der Waals surface area contributed by atoms with Gasteiger partial charge in [-0.2, -0.15) is 4.98 Å². The number of hydrogen-bond acceptors (Lipinski definition) is 8. The van der Waals surface area contributed by atoms with Crippen molar-refractivity contribution in [2.75, 3.05) is 30.8 Å². The number of carbonyl (C=O) groups is 2. The Hall–Kier alpha value is -4.41. The summed E-state index contributed by atoms with van der Waals surface area (Å²) in [7, 11) is 1.38. The molecule has 1 fully saturated rings. The molecule has 11 heteroatoms. The van der Waals surface area contributed by atoms with Gasteiger partial charge in [0, 0.05) is 36.6 Å². The van der Waals surface area contributed by atoms with Gasteiger partial charge in [-0.1, -0.05) is 12.1 Å². The minimum atomic E-state index is -0.319. The summed E-state index contributed by atoms with van der Waals surface area (Å²) in [5.74, 6) is 0.685. The van der Waals surface area contributed by atoms with Gasteiger partial charge in [-0.05, 0) is 54.8 Å². The lowest BCUT2D eigenvalue weighted by molar-refractivity contribution is 0.102. The van der Waals surface area contributed by atoms with Gasteiger partial charge in [-0.3, -0.25) is 9.20 Å². The van der Waals surface area contributed by atoms with Crippen molar-refractivity contribution in [1.82, 2.24) is 24.4 Å². The van der Waals surface area contributed by atoms with Crippen molar-refractivity contribution in [1.29, 1.82) is 0 Å². The Balaban J connectivity index is 1.26. The van der Waals surface area contributed by atoms with E-state index in [0.717, 1.165) is 18.4 Å². The molecule has 0 radical (unpaired) electrons. The fourth-order valence-electron chi connectivity index (χ4n) is 4.14. The predicted molar refractivity (Wildman–Crippen MR) is 128 cm³/mol. The van der Waals surface area contributed by atoms with Crippen LogP contribution in [0.3, 0.4) is 0 Å². The molecule has 0 saturated carbocycles. The predicted octanol–water partition coefficient (Wildman–Crippen LogP) is 3.97. The van der Waals surface area contributed by atoms with Gasteiger partial charge in [0.2, 0.25) is 5.89 Å². The van der Waals surface area contributed by atoms with E-state index in [4.69, 9.17) is 9.26 Å². The minimum absolute atomic E-state index is 0.0808. The third kappa shape index (κ3) is 4.65. The number of rotatable bonds is 5. The van der Waals surface area contributed by atoms with Gasteiger partial charge in [-0.25, -0.2) is 9.78 Å². The Labute approximate surface area is 201 Å². The van der Waals surface area contributed by atoms with Crippen LogP contribution in [0.5, 0.6) is 0 Å². The van der Waals surface area contributed by atoms with Gasteiger partial charge >= 0.3 is 6.09 Å². The summed E-state index contributed by atoms with van der Waals surface area (Å²) in [6.45, 7) is 3.08. The van der Waals surface area contributed by atoms with Gasteiger partial charge in [0.1, 0.15) is 11.3 Å². The molecule has 0 aliphatic carbocycles. The number of aryl methyl sites for hydroxylation is 1. The molecule has 4 aromatic rings. The van der Waals surface area contributed by atoms with Crippen molar-refractivity contribution in [3.05, 3.63) is 65.9 Å². The van der Waals surface area contributed by atoms with E-state index in [9.17, 15) is 9.59 Å². The Morgan fingerprint density at radius 1 is 1.17 bits per heavy atom. The zero-order chi connectivity index (χ0) is 24.4. The summed E-state index contributed by atoms with van der Waals surface area (Å²) in [5, 5.41) is 10.1.